The Morgan fingerprint density at radius 3 is 2.59 bits per heavy atom. The molecule has 0 spiro atoms. The van der Waals surface area contributed by atoms with Gasteiger partial charge in [-0.3, -0.25) is 4.79 Å². The van der Waals surface area contributed by atoms with Gasteiger partial charge in [0.05, 0.1) is 5.52 Å². The summed E-state index contributed by atoms with van der Waals surface area (Å²) in [5.74, 6) is 0.598. The largest absolute Gasteiger partial charge is 0.508 e. The Kier molecular flexibility index (Phi) is 3.60. The number of phenolic OH excluding ortho intramolecular Hbond substituents is 1. The van der Waals surface area contributed by atoms with Gasteiger partial charge in [-0.25, -0.2) is 4.98 Å². The van der Waals surface area contributed by atoms with Crippen LogP contribution in [0.3, 0.4) is 0 Å². The van der Waals surface area contributed by atoms with Gasteiger partial charge in [0.2, 0.25) is 5.88 Å². The van der Waals surface area contributed by atoms with Crippen molar-refractivity contribution in [2.45, 2.75) is 25.7 Å². The molecule has 1 aliphatic carbocycles. The summed E-state index contributed by atoms with van der Waals surface area (Å²) in [6.07, 6.45) is 4.34. The van der Waals surface area contributed by atoms with Crippen molar-refractivity contribution in [1.82, 2.24) is 9.97 Å². The summed E-state index contributed by atoms with van der Waals surface area (Å²) in [5, 5.41) is 11.8. The van der Waals surface area contributed by atoms with Crippen LogP contribution in [0.2, 0.25) is 0 Å². The first-order valence-electron chi connectivity index (χ1n) is 9.11. The van der Waals surface area contributed by atoms with Crippen LogP contribution in [0.4, 0.5) is 0 Å². The Hall–Kier alpha value is -3.34. The normalized spacial score (nSPS) is 13.6. The Morgan fingerprint density at radius 2 is 1.81 bits per heavy atom. The number of pyridine rings is 1. The average Bonchev–Trinajstić information content (AvgIpc) is 3.11. The van der Waals surface area contributed by atoms with Crippen LogP contribution in [0.5, 0.6) is 11.6 Å². The van der Waals surface area contributed by atoms with Crippen molar-refractivity contribution in [2.75, 3.05) is 0 Å². The molecule has 4 aromatic rings. The quantitative estimate of drug-likeness (QED) is 0.529. The lowest BCUT2D eigenvalue weighted by atomic mass is 9.85. The van der Waals surface area contributed by atoms with Gasteiger partial charge in [0.25, 0.3) is 6.47 Å². The number of aromatic hydroxyl groups is 1. The van der Waals surface area contributed by atoms with E-state index in [1.165, 1.54) is 11.1 Å². The molecule has 5 heteroatoms. The van der Waals surface area contributed by atoms with Crippen molar-refractivity contribution < 1.29 is 14.6 Å². The number of phenols is 1. The molecule has 0 aliphatic heterocycles. The summed E-state index contributed by atoms with van der Waals surface area (Å²) < 4.78 is 4.96. The molecule has 2 aromatic heterocycles. The highest BCUT2D eigenvalue weighted by Gasteiger charge is 2.21. The summed E-state index contributed by atoms with van der Waals surface area (Å²) in [6.45, 7) is 0.411. The third-order valence-electron chi connectivity index (χ3n) is 5.38. The molecule has 0 saturated heterocycles. The van der Waals surface area contributed by atoms with Crippen LogP contribution in [0, 0.1) is 0 Å². The maximum absolute atomic E-state index is 10.7. The van der Waals surface area contributed by atoms with Gasteiger partial charge in [0.15, 0.2) is 0 Å². The first-order valence-corrected chi connectivity index (χ1v) is 9.11. The predicted octanol–water partition coefficient (Wildman–Crippen LogP) is 4.50. The molecule has 5 nitrogen and oxygen atoms in total. The number of hydrogen-bond donors (Lipinski definition) is 2. The number of carbonyl (C=O) groups is 1. The van der Waals surface area contributed by atoms with E-state index >= 15 is 0 Å². The molecule has 1 aliphatic rings. The van der Waals surface area contributed by atoms with E-state index in [-0.39, 0.29) is 5.75 Å². The minimum Gasteiger partial charge on any atom is -0.508 e. The molecular weight excluding hydrogens is 340 g/mol. The molecule has 0 amide bonds. The second-order valence-corrected chi connectivity index (χ2v) is 6.94. The van der Waals surface area contributed by atoms with Crippen molar-refractivity contribution in [3.05, 3.63) is 53.6 Å². The van der Waals surface area contributed by atoms with E-state index in [1.54, 1.807) is 12.1 Å². The number of aryl methyl sites for hydroxylation is 1. The summed E-state index contributed by atoms with van der Waals surface area (Å²) in [5.41, 5.74) is 6.72. The number of nitrogens with zero attached hydrogens (tertiary/aromatic N) is 1. The summed E-state index contributed by atoms with van der Waals surface area (Å²) in [4.78, 5) is 18.7. The van der Waals surface area contributed by atoms with Crippen LogP contribution >= 0.6 is 0 Å². The molecule has 2 aromatic carbocycles. The van der Waals surface area contributed by atoms with Crippen LogP contribution in [0.15, 0.2) is 42.5 Å². The van der Waals surface area contributed by atoms with Gasteiger partial charge in [0.1, 0.15) is 5.75 Å². The Balaban J connectivity index is 1.83. The minimum atomic E-state index is 0.265. The number of ether oxygens (including phenoxy) is 1. The molecule has 5 rings (SSSR count). The molecule has 0 bridgehead atoms. The Morgan fingerprint density at radius 1 is 1.04 bits per heavy atom. The number of nitrogens with one attached hydrogen (secondary N) is 1. The zero-order chi connectivity index (χ0) is 18.4. The smallest absolute Gasteiger partial charge is 0.299 e. The van der Waals surface area contributed by atoms with Gasteiger partial charge < -0.3 is 14.8 Å². The number of benzene rings is 2. The fourth-order valence-electron chi connectivity index (χ4n) is 4.21. The third kappa shape index (κ3) is 2.54. The summed E-state index contributed by atoms with van der Waals surface area (Å²) in [7, 11) is 0. The van der Waals surface area contributed by atoms with Crippen molar-refractivity contribution in [2.24, 2.45) is 0 Å². The number of hydrogen-bond acceptors (Lipinski definition) is 4. The Labute approximate surface area is 155 Å². The lowest BCUT2D eigenvalue weighted by Gasteiger charge is -2.22. The van der Waals surface area contributed by atoms with E-state index in [0.717, 1.165) is 58.7 Å². The number of fused-ring (bicyclic) bond motifs is 5. The van der Waals surface area contributed by atoms with Gasteiger partial charge >= 0.3 is 0 Å². The second-order valence-electron chi connectivity index (χ2n) is 6.94. The number of aromatic nitrogens is 2. The molecular formula is C22H18N2O3. The third-order valence-corrected chi connectivity index (χ3v) is 5.38. The molecule has 134 valence electrons. The SMILES string of the molecule is O=COc1cc2c(ccc3[nH]c(-c4ccc(O)cc4)c4c(c32)CCCC4)n1. The molecule has 27 heavy (non-hydrogen) atoms. The van der Waals surface area contributed by atoms with Gasteiger partial charge in [-0.15, -0.1) is 0 Å². The van der Waals surface area contributed by atoms with Gasteiger partial charge in [-0.2, -0.15) is 0 Å². The van der Waals surface area contributed by atoms with E-state index in [2.05, 4.69) is 9.97 Å². The number of carbonyl (C=O) groups excluding carboxylic acids is 1. The Bertz CT molecular complexity index is 1180. The maximum Gasteiger partial charge on any atom is 0.299 e. The standard InChI is InChI=1S/C22H18N2O3/c25-12-27-20-11-17-18(23-20)9-10-19-21(17)15-3-1-2-4-16(15)22(24-19)13-5-7-14(26)8-6-13/h5-12,24,26H,1-4H2. The molecule has 2 heterocycles. The first kappa shape index (κ1) is 15.9. The number of aromatic amines is 1. The molecule has 0 fully saturated rings. The predicted molar refractivity (Wildman–Crippen MR) is 104 cm³/mol. The highest BCUT2D eigenvalue weighted by atomic mass is 16.5. The highest BCUT2D eigenvalue weighted by molar-refractivity contribution is 6.09. The monoisotopic (exact) mass is 358 g/mol. The molecule has 0 atom stereocenters. The van der Waals surface area contributed by atoms with Crippen molar-refractivity contribution in [1.29, 1.82) is 0 Å². The zero-order valence-electron chi connectivity index (χ0n) is 14.7. The fourth-order valence-corrected chi connectivity index (χ4v) is 4.21. The van der Waals surface area contributed by atoms with Gasteiger partial charge in [0, 0.05) is 28.0 Å². The summed E-state index contributed by atoms with van der Waals surface area (Å²) in [6, 6.07) is 13.2. The van der Waals surface area contributed by atoms with Crippen molar-refractivity contribution in [3.8, 4) is 22.9 Å². The minimum absolute atomic E-state index is 0.265. The molecule has 0 radical (unpaired) electrons. The summed E-state index contributed by atoms with van der Waals surface area (Å²) >= 11 is 0. The van der Waals surface area contributed by atoms with Crippen LogP contribution in [-0.4, -0.2) is 21.5 Å². The lowest BCUT2D eigenvalue weighted by Crippen LogP contribution is -2.07. The first-order chi connectivity index (χ1) is 13.2. The van der Waals surface area contributed by atoms with E-state index in [9.17, 15) is 9.90 Å². The topological polar surface area (TPSA) is 75.2 Å². The lowest BCUT2D eigenvalue weighted by molar-refractivity contribution is -0.120. The second kappa shape index (κ2) is 6.13. The number of H-pyrrole nitrogens is 1. The van der Waals surface area contributed by atoms with Gasteiger partial charge in [-0.1, -0.05) is 0 Å². The van der Waals surface area contributed by atoms with Crippen molar-refractivity contribution >= 4 is 28.3 Å². The zero-order valence-corrected chi connectivity index (χ0v) is 14.7. The van der Waals surface area contributed by atoms with Gasteiger partial charge in [-0.05, 0) is 78.8 Å². The van der Waals surface area contributed by atoms with Crippen LogP contribution in [-0.2, 0) is 17.6 Å². The molecule has 0 saturated carbocycles. The van der Waals surface area contributed by atoms with Crippen molar-refractivity contribution in [3.63, 3.8) is 0 Å². The molecule has 0 unspecified atom stereocenters. The molecule has 2 N–H and O–H groups in total. The van der Waals surface area contributed by atoms with E-state index in [1.807, 2.05) is 30.3 Å². The maximum atomic E-state index is 10.7. The van der Waals surface area contributed by atoms with E-state index < -0.39 is 0 Å². The van der Waals surface area contributed by atoms with E-state index in [4.69, 9.17) is 4.74 Å². The van der Waals surface area contributed by atoms with Crippen LogP contribution in [0.25, 0.3) is 33.1 Å². The van der Waals surface area contributed by atoms with E-state index in [0.29, 0.717) is 12.4 Å². The number of rotatable bonds is 3. The van der Waals surface area contributed by atoms with Crippen LogP contribution in [0.1, 0.15) is 24.0 Å². The highest BCUT2D eigenvalue weighted by Crippen LogP contribution is 2.39. The van der Waals surface area contributed by atoms with Crippen LogP contribution < -0.4 is 4.74 Å². The fraction of sp³-hybridized carbons (Fsp3) is 0.182. The average molecular weight is 358 g/mol.